The van der Waals surface area contributed by atoms with Gasteiger partial charge in [-0.25, -0.2) is 0 Å². The minimum atomic E-state index is 0. The standard InChI is InChI=1S/C19H24BrNO3.ClH/c1-4-24-18-12-14(11-16(20)19(18)23-3)13-21-10-9-15-7-5-6-8-17(15)22-2;/h5-8,11-12,21H,4,9-10,13H2,1-3H3;1H. The first kappa shape index (κ1) is 21.6. The number of nitrogens with one attached hydrogen (secondary N) is 1. The van der Waals surface area contributed by atoms with E-state index in [9.17, 15) is 0 Å². The highest BCUT2D eigenvalue weighted by Crippen LogP contribution is 2.36. The Morgan fingerprint density at radius 3 is 2.48 bits per heavy atom. The Kier molecular flexibility index (Phi) is 9.71. The van der Waals surface area contributed by atoms with Gasteiger partial charge < -0.3 is 19.5 Å². The number of para-hydroxylation sites is 1. The molecule has 0 bridgehead atoms. The van der Waals surface area contributed by atoms with Crippen molar-refractivity contribution < 1.29 is 14.2 Å². The van der Waals surface area contributed by atoms with Crippen LogP contribution in [0.4, 0.5) is 0 Å². The smallest absolute Gasteiger partial charge is 0.174 e. The monoisotopic (exact) mass is 429 g/mol. The third-order valence-corrected chi connectivity index (χ3v) is 4.26. The van der Waals surface area contributed by atoms with E-state index in [2.05, 4.69) is 33.4 Å². The van der Waals surface area contributed by atoms with E-state index in [0.29, 0.717) is 6.61 Å². The zero-order valence-electron chi connectivity index (χ0n) is 14.8. The van der Waals surface area contributed by atoms with Gasteiger partial charge in [-0.05, 0) is 65.1 Å². The van der Waals surface area contributed by atoms with E-state index in [-0.39, 0.29) is 12.4 Å². The van der Waals surface area contributed by atoms with Gasteiger partial charge in [-0.15, -0.1) is 12.4 Å². The van der Waals surface area contributed by atoms with E-state index in [1.54, 1.807) is 14.2 Å². The normalized spacial score (nSPS) is 10.1. The number of hydrogen-bond donors (Lipinski definition) is 1. The molecule has 0 atom stereocenters. The molecule has 0 saturated heterocycles. The second kappa shape index (κ2) is 11.2. The molecule has 0 spiro atoms. The van der Waals surface area contributed by atoms with Crippen LogP contribution in [-0.4, -0.2) is 27.4 Å². The van der Waals surface area contributed by atoms with E-state index in [4.69, 9.17) is 14.2 Å². The molecule has 0 aliphatic heterocycles. The molecule has 0 fully saturated rings. The highest BCUT2D eigenvalue weighted by molar-refractivity contribution is 9.10. The zero-order valence-corrected chi connectivity index (χ0v) is 17.2. The van der Waals surface area contributed by atoms with Gasteiger partial charge in [0.25, 0.3) is 0 Å². The van der Waals surface area contributed by atoms with Gasteiger partial charge in [0.1, 0.15) is 5.75 Å². The van der Waals surface area contributed by atoms with Crippen LogP contribution in [0.25, 0.3) is 0 Å². The molecular weight excluding hydrogens is 406 g/mol. The Balaban J connectivity index is 0.00000312. The maximum atomic E-state index is 5.66. The summed E-state index contributed by atoms with van der Waals surface area (Å²) in [6.45, 7) is 4.20. The third kappa shape index (κ3) is 6.10. The van der Waals surface area contributed by atoms with E-state index in [1.165, 1.54) is 5.56 Å². The Morgan fingerprint density at radius 1 is 1.04 bits per heavy atom. The maximum absolute atomic E-state index is 5.66. The van der Waals surface area contributed by atoms with Crippen LogP contribution in [0.5, 0.6) is 17.2 Å². The van der Waals surface area contributed by atoms with Crippen LogP contribution in [0.3, 0.4) is 0 Å². The SMILES string of the molecule is CCOc1cc(CNCCc2ccccc2OC)cc(Br)c1OC.Cl. The van der Waals surface area contributed by atoms with Gasteiger partial charge in [0.05, 0.1) is 25.3 Å². The molecule has 0 amide bonds. The molecule has 0 radical (unpaired) electrons. The van der Waals surface area contributed by atoms with Gasteiger partial charge in [-0.1, -0.05) is 18.2 Å². The summed E-state index contributed by atoms with van der Waals surface area (Å²) >= 11 is 3.54. The number of methoxy groups -OCH3 is 2. The summed E-state index contributed by atoms with van der Waals surface area (Å²) < 4.78 is 17.3. The van der Waals surface area contributed by atoms with Crippen molar-refractivity contribution in [1.29, 1.82) is 0 Å². The van der Waals surface area contributed by atoms with Crippen molar-refractivity contribution in [3.05, 3.63) is 52.0 Å². The molecule has 2 rings (SSSR count). The number of halogens is 2. The summed E-state index contributed by atoms with van der Waals surface area (Å²) in [7, 11) is 3.35. The number of hydrogen-bond acceptors (Lipinski definition) is 4. The second-order valence-corrected chi connectivity index (χ2v) is 6.13. The fourth-order valence-electron chi connectivity index (χ4n) is 2.55. The number of ether oxygens (including phenoxy) is 3. The van der Waals surface area contributed by atoms with Crippen molar-refractivity contribution in [1.82, 2.24) is 5.32 Å². The Hall–Kier alpha value is -1.43. The van der Waals surface area contributed by atoms with Crippen LogP contribution in [0.2, 0.25) is 0 Å². The molecule has 2 aromatic carbocycles. The highest BCUT2D eigenvalue weighted by Gasteiger charge is 2.11. The molecule has 0 saturated carbocycles. The molecule has 2 aromatic rings. The number of benzene rings is 2. The molecule has 25 heavy (non-hydrogen) atoms. The quantitative estimate of drug-likeness (QED) is 0.589. The molecular formula is C19H25BrClNO3. The van der Waals surface area contributed by atoms with Gasteiger partial charge in [0.2, 0.25) is 0 Å². The van der Waals surface area contributed by atoms with Gasteiger partial charge >= 0.3 is 0 Å². The van der Waals surface area contributed by atoms with Crippen molar-refractivity contribution in [2.24, 2.45) is 0 Å². The van der Waals surface area contributed by atoms with Gasteiger partial charge in [0.15, 0.2) is 11.5 Å². The van der Waals surface area contributed by atoms with Crippen molar-refractivity contribution in [2.45, 2.75) is 19.9 Å². The molecule has 0 unspecified atom stereocenters. The zero-order chi connectivity index (χ0) is 17.4. The first-order valence-electron chi connectivity index (χ1n) is 8.01. The van der Waals surface area contributed by atoms with E-state index in [0.717, 1.165) is 46.8 Å². The lowest BCUT2D eigenvalue weighted by atomic mass is 10.1. The Morgan fingerprint density at radius 2 is 1.80 bits per heavy atom. The Labute approximate surface area is 164 Å². The van der Waals surface area contributed by atoms with Crippen LogP contribution < -0.4 is 19.5 Å². The lowest BCUT2D eigenvalue weighted by molar-refractivity contribution is 0.309. The first-order valence-corrected chi connectivity index (χ1v) is 8.80. The summed E-state index contributed by atoms with van der Waals surface area (Å²) in [6.07, 6.45) is 0.916. The molecule has 138 valence electrons. The van der Waals surface area contributed by atoms with Crippen molar-refractivity contribution in [2.75, 3.05) is 27.4 Å². The van der Waals surface area contributed by atoms with Crippen LogP contribution in [-0.2, 0) is 13.0 Å². The van der Waals surface area contributed by atoms with Crippen molar-refractivity contribution in [3.8, 4) is 17.2 Å². The van der Waals surface area contributed by atoms with Crippen LogP contribution in [0.1, 0.15) is 18.1 Å². The van der Waals surface area contributed by atoms with E-state index < -0.39 is 0 Å². The van der Waals surface area contributed by atoms with Crippen LogP contribution in [0, 0.1) is 0 Å². The van der Waals surface area contributed by atoms with Crippen LogP contribution in [0.15, 0.2) is 40.9 Å². The fourth-order valence-corrected chi connectivity index (χ4v) is 3.20. The lowest BCUT2D eigenvalue weighted by Gasteiger charge is -2.14. The summed E-state index contributed by atoms with van der Waals surface area (Å²) in [5.41, 5.74) is 2.35. The van der Waals surface area contributed by atoms with Crippen molar-refractivity contribution >= 4 is 28.3 Å². The van der Waals surface area contributed by atoms with E-state index >= 15 is 0 Å². The molecule has 0 aromatic heterocycles. The topological polar surface area (TPSA) is 39.7 Å². The minimum absolute atomic E-state index is 0. The van der Waals surface area contributed by atoms with Crippen molar-refractivity contribution in [3.63, 3.8) is 0 Å². The molecule has 0 aliphatic rings. The summed E-state index contributed by atoms with van der Waals surface area (Å²) in [5.74, 6) is 2.43. The molecule has 0 heterocycles. The molecule has 0 aliphatic carbocycles. The summed E-state index contributed by atoms with van der Waals surface area (Å²) in [5, 5.41) is 3.46. The van der Waals surface area contributed by atoms with E-state index in [1.807, 2.05) is 31.2 Å². The van der Waals surface area contributed by atoms with Gasteiger partial charge in [-0.2, -0.15) is 0 Å². The third-order valence-electron chi connectivity index (χ3n) is 3.67. The molecule has 1 N–H and O–H groups in total. The minimum Gasteiger partial charge on any atom is -0.496 e. The molecule has 6 heteroatoms. The lowest BCUT2D eigenvalue weighted by Crippen LogP contribution is -2.17. The molecule has 4 nitrogen and oxygen atoms in total. The van der Waals surface area contributed by atoms with Gasteiger partial charge in [-0.3, -0.25) is 0 Å². The maximum Gasteiger partial charge on any atom is 0.174 e. The summed E-state index contributed by atoms with van der Waals surface area (Å²) in [6, 6.07) is 12.2. The average Bonchev–Trinajstić information content (AvgIpc) is 2.59. The Bertz CT molecular complexity index is 667. The predicted molar refractivity (Wildman–Crippen MR) is 108 cm³/mol. The van der Waals surface area contributed by atoms with Gasteiger partial charge in [0, 0.05) is 6.54 Å². The average molecular weight is 431 g/mol. The van der Waals surface area contributed by atoms with Crippen LogP contribution >= 0.6 is 28.3 Å². The first-order chi connectivity index (χ1) is 11.7. The summed E-state index contributed by atoms with van der Waals surface area (Å²) in [4.78, 5) is 0. The predicted octanol–water partition coefficient (Wildman–Crippen LogP) is 4.62. The fraction of sp³-hybridized carbons (Fsp3) is 0.368. The second-order valence-electron chi connectivity index (χ2n) is 5.28. The highest BCUT2D eigenvalue weighted by atomic mass is 79.9. The largest absolute Gasteiger partial charge is 0.496 e. The number of rotatable bonds is 9.